The van der Waals surface area contributed by atoms with E-state index in [1.54, 1.807) is 4.90 Å². The predicted molar refractivity (Wildman–Crippen MR) is 58.2 cm³/mol. The Hall–Kier alpha value is -1.32. The van der Waals surface area contributed by atoms with Crippen molar-refractivity contribution in [1.82, 2.24) is 4.90 Å². The molecule has 0 atom stereocenters. The third-order valence-electron chi connectivity index (χ3n) is 2.97. The Bertz CT molecular complexity index is 380. The SMILES string of the molecule is CC(C)c1ccoc1C(=O)N1CC(CF)C1. The third-order valence-corrected chi connectivity index (χ3v) is 2.97. The summed E-state index contributed by atoms with van der Waals surface area (Å²) in [7, 11) is 0. The van der Waals surface area contributed by atoms with Crippen molar-refractivity contribution in [2.24, 2.45) is 5.92 Å². The lowest BCUT2D eigenvalue weighted by molar-refractivity contribution is 0.0420. The van der Waals surface area contributed by atoms with Gasteiger partial charge in [0.2, 0.25) is 0 Å². The van der Waals surface area contributed by atoms with Crippen molar-refractivity contribution < 1.29 is 13.6 Å². The van der Waals surface area contributed by atoms with Crippen LogP contribution in [0.1, 0.15) is 35.9 Å². The maximum atomic E-state index is 12.3. The first-order valence-corrected chi connectivity index (χ1v) is 5.56. The number of carbonyl (C=O) groups excluding carboxylic acids is 1. The van der Waals surface area contributed by atoms with E-state index in [1.165, 1.54) is 6.26 Å². The summed E-state index contributed by atoms with van der Waals surface area (Å²) in [6, 6.07) is 1.82. The Kier molecular flexibility index (Phi) is 2.99. The van der Waals surface area contributed by atoms with Gasteiger partial charge in [-0.2, -0.15) is 0 Å². The van der Waals surface area contributed by atoms with E-state index in [-0.39, 0.29) is 24.4 Å². The molecule has 1 amide bonds. The van der Waals surface area contributed by atoms with Gasteiger partial charge in [-0.15, -0.1) is 0 Å². The van der Waals surface area contributed by atoms with Crippen molar-refractivity contribution in [1.29, 1.82) is 0 Å². The summed E-state index contributed by atoms with van der Waals surface area (Å²) in [6.07, 6.45) is 1.54. The smallest absolute Gasteiger partial charge is 0.289 e. The van der Waals surface area contributed by atoms with Crippen LogP contribution in [0, 0.1) is 5.92 Å². The summed E-state index contributed by atoms with van der Waals surface area (Å²) in [5, 5.41) is 0. The molecule has 3 nitrogen and oxygen atoms in total. The van der Waals surface area contributed by atoms with Crippen molar-refractivity contribution >= 4 is 5.91 Å². The zero-order valence-electron chi connectivity index (χ0n) is 9.57. The summed E-state index contributed by atoms with van der Waals surface area (Å²) in [5.74, 6) is 0.572. The Morgan fingerprint density at radius 2 is 2.31 bits per heavy atom. The minimum absolute atomic E-state index is 0.0152. The van der Waals surface area contributed by atoms with Gasteiger partial charge in [-0.1, -0.05) is 13.8 Å². The molecule has 0 unspecified atom stereocenters. The highest BCUT2D eigenvalue weighted by molar-refractivity contribution is 5.93. The van der Waals surface area contributed by atoms with Crippen LogP contribution in [0.3, 0.4) is 0 Å². The summed E-state index contributed by atoms with van der Waals surface area (Å²) in [4.78, 5) is 13.6. The molecule has 0 aliphatic carbocycles. The lowest BCUT2D eigenvalue weighted by Crippen LogP contribution is -2.50. The average Bonchev–Trinajstić information content (AvgIpc) is 2.63. The van der Waals surface area contributed by atoms with Crippen molar-refractivity contribution in [3.05, 3.63) is 23.7 Å². The van der Waals surface area contributed by atoms with Crippen molar-refractivity contribution in [3.63, 3.8) is 0 Å². The monoisotopic (exact) mass is 225 g/mol. The van der Waals surface area contributed by atoms with Crippen LogP contribution in [0.2, 0.25) is 0 Å². The quantitative estimate of drug-likeness (QED) is 0.791. The van der Waals surface area contributed by atoms with E-state index in [1.807, 2.05) is 19.9 Å². The summed E-state index contributed by atoms with van der Waals surface area (Å²) in [6.45, 7) is 4.70. The second-order valence-corrected chi connectivity index (χ2v) is 4.59. The molecule has 1 aromatic heterocycles. The minimum Gasteiger partial charge on any atom is -0.459 e. The number of nitrogens with zero attached hydrogens (tertiary/aromatic N) is 1. The lowest BCUT2D eigenvalue weighted by atomic mass is 9.99. The van der Waals surface area contributed by atoms with Gasteiger partial charge in [0.15, 0.2) is 5.76 Å². The molecule has 0 N–H and O–H groups in total. The number of alkyl halides is 1. The molecule has 0 spiro atoms. The first kappa shape index (κ1) is 11.2. The van der Waals surface area contributed by atoms with Crippen molar-refractivity contribution in [2.45, 2.75) is 19.8 Å². The van der Waals surface area contributed by atoms with Crippen LogP contribution in [0.25, 0.3) is 0 Å². The van der Waals surface area contributed by atoms with Crippen LogP contribution in [-0.4, -0.2) is 30.6 Å². The number of hydrogen-bond donors (Lipinski definition) is 0. The summed E-state index contributed by atoms with van der Waals surface area (Å²) in [5.41, 5.74) is 0.925. The van der Waals surface area contributed by atoms with E-state index in [2.05, 4.69) is 0 Å². The first-order chi connectivity index (χ1) is 7.63. The molecular weight excluding hydrogens is 209 g/mol. The highest BCUT2D eigenvalue weighted by Crippen LogP contribution is 2.25. The van der Waals surface area contributed by atoms with Gasteiger partial charge in [0.1, 0.15) is 0 Å². The van der Waals surface area contributed by atoms with Gasteiger partial charge in [-0.05, 0) is 12.0 Å². The zero-order chi connectivity index (χ0) is 11.7. The van der Waals surface area contributed by atoms with Gasteiger partial charge in [-0.25, -0.2) is 0 Å². The van der Waals surface area contributed by atoms with Gasteiger partial charge < -0.3 is 9.32 Å². The number of carbonyl (C=O) groups is 1. The van der Waals surface area contributed by atoms with Crippen molar-refractivity contribution in [3.8, 4) is 0 Å². The fraction of sp³-hybridized carbons (Fsp3) is 0.583. The number of furan rings is 1. The molecule has 1 aromatic rings. The number of amides is 1. The fourth-order valence-electron chi connectivity index (χ4n) is 1.92. The molecule has 0 radical (unpaired) electrons. The zero-order valence-corrected chi connectivity index (χ0v) is 9.57. The number of hydrogen-bond acceptors (Lipinski definition) is 2. The van der Waals surface area contributed by atoms with Crippen LogP contribution >= 0.6 is 0 Å². The largest absolute Gasteiger partial charge is 0.459 e. The summed E-state index contributed by atoms with van der Waals surface area (Å²) < 4.78 is 17.5. The Morgan fingerprint density at radius 3 is 2.88 bits per heavy atom. The number of rotatable bonds is 3. The van der Waals surface area contributed by atoms with Gasteiger partial charge in [0.05, 0.1) is 12.9 Å². The topological polar surface area (TPSA) is 33.5 Å². The molecule has 88 valence electrons. The van der Waals surface area contributed by atoms with E-state index >= 15 is 0 Å². The van der Waals surface area contributed by atoms with Gasteiger partial charge in [0.25, 0.3) is 5.91 Å². The van der Waals surface area contributed by atoms with E-state index in [0.29, 0.717) is 18.8 Å². The van der Waals surface area contributed by atoms with Crippen molar-refractivity contribution in [2.75, 3.05) is 19.8 Å². The molecule has 1 aliphatic heterocycles. The van der Waals surface area contributed by atoms with Crippen LogP contribution in [0.5, 0.6) is 0 Å². The third kappa shape index (κ3) is 1.84. The molecule has 0 aromatic carbocycles. The molecule has 1 aliphatic rings. The number of halogens is 1. The van der Waals surface area contributed by atoms with E-state index in [9.17, 15) is 9.18 Å². The predicted octanol–water partition coefficient (Wildman–Crippen LogP) is 2.44. The van der Waals surface area contributed by atoms with Gasteiger partial charge in [-0.3, -0.25) is 9.18 Å². The molecule has 2 rings (SSSR count). The lowest BCUT2D eigenvalue weighted by Gasteiger charge is -2.37. The highest BCUT2D eigenvalue weighted by atomic mass is 19.1. The van der Waals surface area contributed by atoms with E-state index < -0.39 is 0 Å². The second-order valence-electron chi connectivity index (χ2n) is 4.59. The molecule has 4 heteroatoms. The van der Waals surface area contributed by atoms with Gasteiger partial charge >= 0.3 is 0 Å². The molecule has 16 heavy (non-hydrogen) atoms. The van der Waals surface area contributed by atoms with Crippen LogP contribution < -0.4 is 0 Å². The number of likely N-dealkylation sites (tertiary alicyclic amines) is 1. The minimum atomic E-state index is -0.348. The fourth-order valence-corrected chi connectivity index (χ4v) is 1.92. The van der Waals surface area contributed by atoms with E-state index in [0.717, 1.165) is 5.56 Å². The Balaban J connectivity index is 2.07. The standard InChI is InChI=1S/C12H16FNO2/c1-8(2)10-3-4-16-11(10)12(15)14-6-9(5-13)7-14/h3-4,8-9H,5-7H2,1-2H3. The summed E-state index contributed by atoms with van der Waals surface area (Å²) >= 11 is 0. The van der Waals surface area contributed by atoms with Crippen LogP contribution in [-0.2, 0) is 0 Å². The first-order valence-electron chi connectivity index (χ1n) is 5.56. The average molecular weight is 225 g/mol. The molecule has 1 saturated heterocycles. The van der Waals surface area contributed by atoms with Gasteiger partial charge in [0, 0.05) is 24.6 Å². The van der Waals surface area contributed by atoms with Crippen LogP contribution in [0.4, 0.5) is 4.39 Å². The molecule has 0 bridgehead atoms. The Morgan fingerprint density at radius 1 is 1.62 bits per heavy atom. The van der Waals surface area contributed by atoms with E-state index in [4.69, 9.17) is 4.42 Å². The second kappa shape index (κ2) is 4.28. The maximum absolute atomic E-state index is 12.3. The Labute approximate surface area is 94.2 Å². The normalized spacial score (nSPS) is 16.6. The molecule has 2 heterocycles. The molecule has 0 saturated carbocycles. The molecular formula is C12H16FNO2. The maximum Gasteiger partial charge on any atom is 0.289 e. The van der Waals surface area contributed by atoms with Crippen LogP contribution in [0.15, 0.2) is 16.7 Å². The molecule has 1 fully saturated rings. The highest BCUT2D eigenvalue weighted by Gasteiger charge is 2.33.